The van der Waals surface area contributed by atoms with Crippen LogP contribution in [0.25, 0.3) is 11.2 Å². The molecule has 0 amide bonds. The van der Waals surface area contributed by atoms with Gasteiger partial charge in [0, 0.05) is 7.11 Å². The van der Waals surface area contributed by atoms with E-state index in [-0.39, 0.29) is 12.5 Å². The molecule has 0 spiro atoms. The van der Waals surface area contributed by atoms with E-state index in [1.165, 1.54) is 14.2 Å². The first kappa shape index (κ1) is 21.4. The molecule has 0 bridgehead atoms. The fourth-order valence-electron chi connectivity index (χ4n) is 2.58. The molecule has 0 unspecified atom stereocenters. The van der Waals surface area contributed by atoms with Crippen molar-refractivity contribution in [3.8, 4) is 0 Å². The number of aryl methyl sites for hydroxylation is 2. The molecular weight excluding hydrogens is 373 g/mol. The summed E-state index contributed by atoms with van der Waals surface area (Å²) in [5, 5.41) is 2.65. The zero-order chi connectivity index (χ0) is 20.2. The Balaban J connectivity index is 2.02. The maximum atomic E-state index is 12.7. The zero-order valence-corrected chi connectivity index (χ0v) is 17.3. The summed E-state index contributed by atoms with van der Waals surface area (Å²) in [6.07, 6.45) is 1.20. The Morgan fingerprint density at radius 1 is 1.30 bits per heavy atom. The molecule has 10 nitrogen and oxygen atoms in total. The lowest BCUT2D eigenvalue weighted by Crippen LogP contribution is -2.34. The third-order valence-corrected chi connectivity index (χ3v) is 5.83. The largest absolute Gasteiger partial charge is 0.468 e. The number of carbonyl (C=O) groups excluding carboxylic acids is 1. The zero-order valence-electron chi connectivity index (χ0n) is 16.4. The van der Waals surface area contributed by atoms with Gasteiger partial charge in [-0.3, -0.25) is 9.36 Å². The van der Waals surface area contributed by atoms with Crippen LogP contribution >= 0.6 is 7.52 Å². The number of rotatable bonds is 9. The monoisotopic (exact) mass is 399 g/mol. The van der Waals surface area contributed by atoms with E-state index in [0.717, 1.165) is 16.9 Å². The van der Waals surface area contributed by atoms with Crippen molar-refractivity contribution >= 4 is 24.7 Å². The molecule has 0 aromatic carbocycles. The third-order valence-electron chi connectivity index (χ3n) is 3.97. The summed E-state index contributed by atoms with van der Waals surface area (Å²) >= 11 is 0. The molecular formula is C16H26N5O5P. The molecule has 0 saturated carbocycles. The number of methoxy groups -OCH3 is 1. The summed E-state index contributed by atoms with van der Waals surface area (Å²) in [6, 6.07) is -0.778. The minimum Gasteiger partial charge on any atom is -0.468 e. The molecule has 2 aromatic heterocycles. The van der Waals surface area contributed by atoms with Gasteiger partial charge < -0.3 is 18.6 Å². The van der Waals surface area contributed by atoms with Gasteiger partial charge in [0.15, 0.2) is 5.65 Å². The molecule has 3 atom stereocenters. The predicted octanol–water partition coefficient (Wildman–Crippen LogP) is 1.80. The average Bonchev–Trinajstić information content (AvgIpc) is 3.02. The number of imidazole rings is 1. The molecule has 2 rings (SSSR count). The van der Waals surface area contributed by atoms with Gasteiger partial charge in [0.05, 0.1) is 31.8 Å². The molecule has 0 aliphatic rings. The Kier molecular flexibility index (Phi) is 7.05. The summed E-state index contributed by atoms with van der Waals surface area (Å²) in [4.78, 5) is 24.6. The highest BCUT2D eigenvalue weighted by Gasteiger charge is 2.28. The maximum absolute atomic E-state index is 12.7. The topological polar surface area (TPSA) is 117 Å². The van der Waals surface area contributed by atoms with Gasteiger partial charge in [0.25, 0.3) is 7.52 Å². The average molecular weight is 399 g/mol. The molecule has 2 heterocycles. The van der Waals surface area contributed by atoms with Crippen molar-refractivity contribution < 1.29 is 23.4 Å². The van der Waals surface area contributed by atoms with Crippen molar-refractivity contribution in [3.63, 3.8) is 0 Å². The number of aromatic nitrogens is 4. The number of esters is 1. The van der Waals surface area contributed by atoms with E-state index in [1.54, 1.807) is 13.3 Å². The van der Waals surface area contributed by atoms with Crippen molar-refractivity contribution in [1.82, 2.24) is 24.6 Å². The molecule has 150 valence electrons. The van der Waals surface area contributed by atoms with Gasteiger partial charge in [-0.2, -0.15) is 0 Å². The van der Waals surface area contributed by atoms with Crippen LogP contribution in [-0.2, 0) is 29.9 Å². The minimum atomic E-state index is -3.35. The van der Waals surface area contributed by atoms with E-state index in [4.69, 9.17) is 9.26 Å². The van der Waals surface area contributed by atoms with Gasteiger partial charge >= 0.3 is 5.97 Å². The van der Waals surface area contributed by atoms with Crippen molar-refractivity contribution in [1.29, 1.82) is 0 Å². The molecule has 0 saturated heterocycles. The summed E-state index contributed by atoms with van der Waals surface area (Å²) in [5.41, 5.74) is 2.28. The van der Waals surface area contributed by atoms with E-state index in [2.05, 4.69) is 24.8 Å². The lowest BCUT2D eigenvalue weighted by molar-refractivity contribution is -0.142. The van der Waals surface area contributed by atoms with E-state index in [0.29, 0.717) is 12.4 Å². The van der Waals surface area contributed by atoms with Crippen LogP contribution in [0, 0.1) is 13.8 Å². The lowest BCUT2D eigenvalue weighted by atomic mass is 10.3. The second kappa shape index (κ2) is 8.88. The van der Waals surface area contributed by atoms with Crippen LogP contribution in [0.5, 0.6) is 0 Å². The van der Waals surface area contributed by atoms with Crippen molar-refractivity contribution in [2.75, 3.05) is 20.6 Å². The van der Waals surface area contributed by atoms with Crippen LogP contribution in [0.15, 0.2) is 6.33 Å². The minimum absolute atomic E-state index is 0.189. The van der Waals surface area contributed by atoms with Crippen LogP contribution in [0.3, 0.4) is 0 Å². The second-order valence-corrected chi connectivity index (χ2v) is 8.49. The molecule has 27 heavy (non-hydrogen) atoms. The number of nitrogens with zero attached hydrogens (tertiary/aromatic N) is 4. The van der Waals surface area contributed by atoms with E-state index in [1.807, 2.05) is 25.3 Å². The highest BCUT2D eigenvalue weighted by Crippen LogP contribution is 2.42. The smallest absolute Gasteiger partial charge is 0.323 e. The number of nitrogens with one attached hydrogen (secondary N) is 1. The number of ether oxygens (including phenoxy) is 2. The SMILES string of the molecule is COC(=O)[C@H](C)N[P@@](=O)(CO[C@H](C)Cn1cnc2c(C)nc(C)nc21)OC. The Morgan fingerprint density at radius 2 is 2.00 bits per heavy atom. The van der Waals surface area contributed by atoms with Crippen LogP contribution in [0.2, 0.25) is 0 Å². The molecule has 0 fully saturated rings. The fourth-order valence-corrected chi connectivity index (χ4v) is 4.01. The molecule has 0 aliphatic carbocycles. The van der Waals surface area contributed by atoms with E-state index < -0.39 is 19.5 Å². The van der Waals surface area contributed by atoms with Gasteiger partial charge in [-0.25, -0.2) is 20.0 Å². The van der Waals surface area contributed by atoms with Crippen LogP contribution < -0.4 is 5.09 Å². The number of carbonyl (C=O) groups is 1. The van der Waals surface area contributed by atoms with Gasteiger partial charge in [0.2, 0.25) is 0 Å². The lowest BCUT2D eigenvalue weighted by Gasteiger charge is -2.22. The molecule has 1 N–H and O–H groups in total. The summed E-state index contributed by atoms with van der Waals surface area (Å²) in [7, 11) is -0.788. The molecule has 2 aromatic rings. The first-order valence-corrected chi connectivity index (χ1v) is 10.3. The summed E-state index contributed by atoms with van der Waals surface area (Å²) < 4.78 is 30.0. The standard InChI is InChI=1S/C16H26N5O5P/c1-10(26-9-27(23,25-6)20-12(3)16(22)24-5)7-21-8-17-14-11(2)18-13(4)19-15(14)21/h8,10,12H,7,9H2,1-6H3,(H,20,23)/t10-,12+,27-/m1/s1. The molecule has 0 radical (unpaired) electrons. The van der Waals surface area contributed by atoms with Gasteiger partial charge in [-0.15, -0.1) is 0 Å². The van der Waals surface area contributed by atoms with Crippen molar-refractivity contribution in [3.05, 3.63) is 17.8 Å². The van der Waals surface area contributed by atoms with E-state index >= 15 is 0 Å². The van der Waals surface area contributed by atoms with Gasteiger partial charge in [-0.05, 0) is 27.7 Å². The quantitative estimate of drug-likeness (QED) is 0.497. The number of fused-ring (bicyclic) bond motifs is 1. The normalized spacial score (nSPS) is 16.1. The Morgan fingerprint density at radius 3 is 2.63 bits per heavy atom. The van der Waals surface area contributed by atoms with Crippen LogP contribution in [-0.4, -0.2) is 58.2 Å². The number of hydrogen-bond donors (Lipinski definition) is 1. The highest BCUT2D eigenvalue weighted by molar-refractivity contribution is 7.56. The fraction of sp³-hybridized carbons (Fsp3) is 0.625. The van der Waals surface area contributed by atoms with Crippen LogP contribution in [0.4, 0.5) is 0 Å². The van der Waals surface area contributed by atoms with Gasteiger partial charge in [0.1, 0.15) is 23.7 Å². The summed E-state index contributed by atoms with van der Waals surface area (Å²) in [6.45, 7) is 7.56. The first-order chi connectivity index (χ1) is 12.7. The molecule has 11 heteroatoms. The maximum Gasteiger partial charge on any atom is 0.323 e. The Bertz CT molecular complexity index is 855. The predicted molar refractivity (Wildman–Crippen MR) is 99.4 cm³/mol. The van der Waals surface area contributed by atoms with Crippen LogP contribution in [0.1, 0.15) is 25.4 Å². The molecule has 0 aliphatic heterocycles. The van der Waals surface area contributed by atoms with E-state index in [9.17, 15) is 9.36 Å². The van der Waals surface area contributed by atoms with Crippen molar-refractivity contribution in [2.24, 2.45) is 0 Å². The van der Waals surface area contributed by atoms with Crippen molar-refractivity contribution in [2.45, 2.75) is 46.4 Å². The Hall–Kier alpha value is -1.87. The first-order valence-electron chi connectivity index (χ1n) is 8.47. The summed E-state index contributed by atoms with van der Waals surface area (Å²) in [5.74, 6) is 0.135. The highest BCUT2D eigenvalue weighted by atomic mass is 31.2. The second-order valence-electron chi connectivity index (χ2n) is 6.26. The van der Waals surface area contributed by atoms with Gasteiger partial charge in [-0.1, -0.05) is 0 Å². The third kappa shape index (κ3) is 5.32. The Labute approximate surface area is 158 Å². The number of hydrogen-bond acceptors (Lipinski definition) is 8.